The molecule has 0 unspecified atom stereocenters. The van der Waals surface area contributed by atoms with Crippen molar-refractivity contribution in [3.63, 3.8) is 0 Å². The third kappa shape index (κ3) is 1.79. The zero-order chi connectivity index (χ0) is 21.4. The molecule has 3 N–H and O–H groups in total. The lowest BCUT2D eigenvalue weighted by Gasteiger charge is -2.62. The number of hydrogen-bond donors (Lipinski definition) is 3. The van der Waals surface area contributed by atoms with Crippen molar-refractivity contribution in [2.45, 2.75) is 55.3 Å². The highest BCUT2D eigenvalue weighted by atomic mass is 16.5. The average Bonchev–Trinajstić information content (AvgIpc) is 3.33. The summed E-state index contributed by atoms with van der Waals surface area (Å²) in [5.74, 6) is 1.43. The van der Waals surface area contributed by atoms with Crippen LogP contribution in [0.2, 0.25) is 0 Å². The van der Waals surface area contributed by atoms with Crippen molar-refractivity contribution in [2.75, 3.05) is 13.1 Å². The number of aliphatic hydroxyl groups is 1. The lowest BCUT2D eigenvalue weighted by atomic mass is 9.49. The van der Waals surface area contributed by atoms with Gasteiger partial charge in [-0.3, -0.25) is 14.7 Å². The van der Waals surface area contributed by atoms with E-state index in [4.69, 9.17) is 4.74 Å². The molecule has 1 aromatic carbocycles. The molecule has 2 aliphatic heterocycles. The molecule has 2 bridgehead atoms. The van der Waals surface area contributed by atoms with Crippen LogP contribution in [0, 0.1) is 5.92 Å². The van der Waals surface area contributed by atoms with Gasteiger partial charge in [0.1, 0.15) is 0 Å². The standard InChI is InChI=1S/C22H22N6O4/c29-13-4-3-11-7-14-22(31)8-12-16(28-20(23-19(12)30)24-25-26-28)18-21(22,15(11)17(13)32-18)5-6-27(14)9-10-1-2-10/h3-4,10,14,18,29,31H,1-2,5-9H2,(H,23,24,26,30)/t14-,18-,21-,22+/m0/s1. The highest BCUT2D eigenvalue weighted by Gasteiger charge is 2.73. The van der Waals surface area contributed by atoms with Crippen molar-refractivity contribution in [3.8, 4) is 11.5 Å². The maximum absolute atomic E-state index is 13.1. The maximum Gasteiger partial charge on any atom is 0.256 e. The van der Waals surface area contributed by atoms with E-state index >= 15 is 0 Å². The SMILES string of the molecule is O=c1[nH]c2nnnn2c2c1C[C@@]1(O)[C@@H]3Cc4ccc(O)c5c4[C@@]1(CCN3CC1CC1)[C@H]2O5. The number of nitrogens with zero attached hydrogens (tertiary/aromatic N) is 5. The number of hydrogen-bond acceptors (Lipinski definition) is 8. The van der Waals surface area contributed by atoms with Gasteiger partial charge in [-0.2, -0.15) is 4.52 Å². The molecule has 164 valence electrons. The minimum absolute atomic E-state index is 0.0630. The molecule has 4 heterocycles. The van der Waals surface area contributed by atoms with Crippen LogP contribution in [-0.2, 0) is 18.3 Å². The summed E-state index contributed by atoms with van der Waals surface area (Å²) in [6.07, 6.45) is 3.38. The monoisotopic (exact) mass is 434 g/mol. The van der Waals surface area contributed by atoms with E-state index in [0.29, 0.717) is 35.8 Å². The normalized spacial score (nSPS) is 34.3. The van der Waals surface area contributed by atoms with Gasteiger partial charge in [0.15, 0.2) is 17.6 Å². The number of benzene rings is 1. The Bertz CT molecular complexity index is 1400. The molecule has 10 heteroatoms. The number of piperidine rings is 1. The molecule has 2 fully saturated rings. The van der Waals surface area contributed by atoms with Gasteiger partial charge in [-0.15, -0.1) is 0 Å². The first-order valence-corrected chi connectivity index (χ1v) is 11.3. The summed E-state index contributed by atoms with van der Waals surface area (Å²) in [5.41, 5.74) is 0.791. The van der Waals surface area contributed by atoms with Crippen molar-refractivity contribution in [1.82, 2.24) is 29.9 Å². The Kier molecular flexibility index (Phi) is 2.92. The second kappa shape index (κ2) is 5.32. The molecule has 5 aliphatic rings. The van der Waals surface area contributed by atoms with Gasteiger partial charge in [0.2, 0.25) is 0 Å². The van der Waals surface area contributed by atoms with Crippen LogP contribution < -0.4 is 10.3 Å². The number of phenolic OH excluding ortho intramolecular Hbond substituents is 1. The predicted octanol–water partition coefficient (Wildman–Crippen LogP) is 0.217. The molecular formula is C22H22N6O4. The number of fused-ring (bicyclic) bond motifs is 4. The van der Waals surface area contributed by atoms with Crippen LogP contribution in [0.5, 0.6) is 11.5 Å². The second-order valence-electron chi connectivity index (χ2n) is 10.2. The van der Waals surface area contributed by atoms with Crippen LogP contribution in [0.4, 0.5) is 0 Å². The Hall–Kier alpha value is -2.98. The van der Waals surface area contributed by atoms with Gasteiger partial charge in [0.25, 0.3) is 11.3 Å². The number of likely N-dealkylation sites (tertiary alicyclic amines) is 1. The van der Waals surface area contributed by atoms with E-state index in [1.54, 1.807) is 6.07 Å². The Balaban J connectivity index is 1.46. The van der Waals surface area contributed by atoms with Gasteiger partial charge in [0.05, 0.1) is 16.7 Å². The number of aromatic hydroxyl groups is 1. The molecule has 10 nitrogen and oxygen atoms in total. The lowest BCUT2D eigenvalue weighted by Crippen LogP contribution is -2.75. The topological polar surface area (TPSA) is 129 Å². The maximum atomic E-state index is 13.1. The van der Waals surface area contributed by atoms with Gasteiger partial charge in [-0.1, -0.05) is 11.2 Å². The first-order valence-electron chi connectivity index (χ1n) is 11.3. The molecule has 3 aliphatic carbocycles. The Labute approximate surface area is 181 Å². The summed E-state index contributed by atoms with van der Waals surface area (Å²) < 4.78 is 7.99. The quantitative estimate of drug-likeness (QED) is 0.522. The van der Waals surface area contributed by atoms with Crippen molar-refractivity contribution in [3.05, 3.63) is 44.9 Å². The highest BCUT2D eigenvalue weighted by molar-refractivity contribution is 5.64. The zero-order valence-electron chi connectivity index (χ0n) is 17.3. The second-order valence-corrected chi connectivity index (χ2v) is 10.2. The van der Waals surface area contributed by atoms with E-state index in [1.807, 2.05) is 6.07 Å². The summed E-state index contributed by atoms with van der Waals surface area (Å²) in [6, 6.07) is 3.52. The van der Waals surface area contributed by atoms with Crippen molar-refractivity contribution in [1.29, 1.82) is 0 Å². The first kappa shape index (κ1) is 17.6. The predicted molar refractivity (Wildman–Crippen MR) is 110 cm³/mol. The van der Waals surface area contributed by atoms with E-state index in [9.17, 15) is 15.0 Å². The molecule has 1 saturated heterocycles. The summed E-state index contributed by atoms with van der Waals surface area (Å²) in [5, 5.41) is 35.1. The molecule has 2 aromatic heterocycles. The number of aromatic nitrogens is 5. The van der Waals surface area contributed by atoms with E-state index < -0.39 is 17.1 Å². The fourth-order valence-electron chi connectivity index (χ4n) is 7.21. The van der Waals surface area contributed by atoms with Crippen LogP contribution in [0.15, 0.2) is 16.9 Å². The smallest absolute Gasteiger partial charge is 0.256 e. The van der Waals surface area contributed by atoms with E-state index in [-0.39, 0.29) is 29.5 Å². The Morgan fingerprint density at radius 2 is 2.19 bits per heavy atom. The summed E-state index contributed by atoms with van der Waals surface area (Å²) in [7, 11) is 0. The fraction of sp³-hybridized carbons (Fsp3) is 0.545. The molecule has 8 rings (SSSR count). The molecule has 1 saturated carbocycles. The fourth-order valence-corrected chi connectivity index (χ4v) is 7.21. The molecule has 3 aromatic rings. The summed E-state index contributed by atoms with van der Waals surface area (Å²) >= 11 is 0. The van der Waals surface area contributed by atoms with Crippen molar-refractivity contribution < 1.29 is 14.9 Å². The third-order valence-electron chi connectivity index (χ3n) is 8.71. The zero-order valence-corrected chi connectivity index (χ0v) is 17.3. The molecule has 0 amide bonds. The number of ether oxygens (including phenoxy) is 1. The molecule has 4 atom stereocenters. The Morgan fingerprint density at radius 3 is 3.03 bits per heavy atom. The minimum Gasteiger partial charge on any atom is -0.504 e. The van der Waals surface area contributed by atoms with Crippen LogP contribution in [-0.4, -0.2) is 64.9 Å². The summed E-state index contributed by atoms with van der Waals surface area (Å²) in [6.45, 7) is 1.82. The first-order chi connectivity index (χ1) is 15.5. The number of H-pyrrole nitrogens is 1. The largest absolute Gasteiger partial charge is 0.504 e. The van der Waals surface area contributed by atoms with Crippen LogP contribution >= 0.6 is 0 Å². The Morgan fingerprint density at radius 1 is 1.31 bits per heavy atom. The number of phenols is 1. The van der Waals surface area contributed by atoms with E-state index in [2.05, 4.69) is 25.4 Å². The van der Waals surface area contributed by atoms with Crippen molar-refractivity contribution in [2.24, 2.45) is 5.92 Å². The van der Waals surface area contributed by atoms with Gasteiger partial charge in [-0.05, 0) is 60.2 Å². The minimum atomic E-state index is -1.20. The molecule has 32 heavy (non-hydrogen) atoms. The van der Waals surface area contributed by atoms with Gasteiger partial charge >= 0.3 is 0 Å². The molecule has 0 radical (unpaired) electrons. The van der Waals surface area contributed by atoms with Gasteiger partial charge < -0.3 is 14.9 Å². The number of rotatable bonds is 2. The van der Waals surface area contributed by atoms with Crippen LogP contribution in [0.25, 0.3) is 5.78 Å². The van der Waals surface area contributed by atoms with Gasteiger partial charge in [-0.25, -0.2) is 0 Å². The number of tetrazole rings is 1. The lowest BCUT2D eigenvalue weighted by molar-refractivity contribution is -0.174. The third-order valence-corrected chi connectivity index (χ3v) is 8.71. The van der Waals surface area contributed by atoms with Crippen molar-refractivity contribution >= 4 is 5.78 Å². The van der Waals surface area contributed by atoms with Gasteiger partial charge in [0, 0.05) is 30.1 Å². The number of aromatic amines is 1. The van der Waals surface area contributed by atoms with E-state index in [1.165, 1.54) is 17.4 Å². The molecule has 1 spiro atoms. The molecular weight excluding hydrogens is 412 g/mol. The number of nitrogens with one attached hydrogen (secondary N) is 1. The van der Waals surface area contributed by atoms with Crippen LogP contribution in [0.1, 0.15) is 47.8 Å². The van der Waals surface area contributed by atoms with E-state index in [0.717, 1.165) is 24.2 Å². The highest BCUT2D eigenvalue weighted by Crippen LogP contribution is 2.68. The average molecular weight is 434 g/mol. The summed E-state index contributed by atoms with van der Waals surface area (Å²) in [4.78, 5) is 18.3. The van der Waals surface area contributed by atoms with Crippen LogP contribution in [0.3, 0.4) is 0 Å².